The zero-order valence-corrected chi connectivity index (χ0v) is 13.7. The Hall–Kier alpha value is -3.27. The van der Waals surface area contributed by atoms with Crippen molar-refractivity contribution in [3.05, 3.63) is 69.3 Å². The largest absolute Gasteiger partial charge is 0.478 e. The average Bonchev–Trinajstić information content (AvgIpc) is 2.54. The van der Waals surface area contributed by atoms with Crippen molar-refractivity contribution in [3.63, 3.8) is 0 Å². The summed E-state index contributed by atoms with van der Waals surface area (Å²) in [5.74, 6) is -1.07. The number of hydrazone groups is 1. The van der Waals surface area contributed by atoms with E-state index in [2.05, 4.69) is 5.10 Å². The molecule has 0 atom stereocenters. The normalized spacial score (nSPS) is 11.4. The minimum absolute atomic E-state index is 0.0964. The fraction of sp³-hybridized carbons (Fsp3) is 0.0667. The van der Waals surface area contributed by atoms with Crippen molar-refractivity contribution >= 4 is 27.9 Å². The highest BCUT2D eigenvalue weighted by molar-refractivity contribution is 7.89. The summed E-state index contributed by atoms with van der Waals surface area (Å²) in [6, 6.07) is 9.06. The van der Waals surface area contributed by atoms with Crippen molar-refractivity contribution < 1.29 is 23.2 Å². The van der Waals surface area contributed by atoms with Crippen LogP contribution in [0, 0.1) is 17.0 Å². The lowest BCUT2D eigenvalue weighted by Crippen LogP contribution is -2.18. The third-order valence-electron chi connectivity index (χ3n) is 3.22. The SMILES string of the molecule is Cc1cc(S(=O)(=O)N/N=C/c2ccc(C(=O)O)cc2)ccc1[N+](=O)[O-]. The number of hydrogen-bond acceptors (Lipinski definition) is 6. The number of nitro benzene ring substituents is 1. The van der Waals surface area contributed by atoms with E-state index in [0.29, 0.717) is 5.56 Å². The maximum atomic E-state index is 12.1. The number of nitrogens with zero attached hydrogens (tertiary/aromatic N) is 2. The molecule has 0 heterocycles. The predicted molar refractivity (Wildman–Crippen MR) is 89.2 cm³/mol. The molecule has 130 valence electrons. The van der Waals surface area contributed by atoms with E-state index in [-0.39, 0.29) is 21.7 Å². The van der Waals surface area contributed by atoms with Crippen LogP contribution in [-0.2, 0) is 10.0 Å². The van der Waals surface area contributed by atoms with E-state index in [1.54, 1.807) is 0 Å². The summed E-state index contributed by atoms with van der Waals surface area (Å²) in [5.41, 5.74) is 0.619. The summed E-state index contributed by atoms with van der Waals surface area (Å²) in [4.78, 5) is 22.7. The number of nitro groups is 1. The first-order valence-corrected chi connectivity index (χ1v) is 8.32. The van der Waals surface area contributed by atoms with E-state index >= 15 is 0 Å². The van der Waals surface area contributed by atoms with Gasteiger partial charge in [-0.05, 0) is 36.8 Å². The molecule has 0 aliphatic rings. The number of sulfonamides is 1. The first-order valence-electron chi connectivity index (χ1n) is 6.84. The molecule has 10 heteroatoms. The summed E-state index contributed by atoms with van der Waals surface area (Å²) < 4.78 is 24.3. The molecule has 2 aromatic rings. The summed E-state index contributed by atoms with van der Waals surface area (Å²) >= 11 is 0. The number of aromatic carboxylic acids is 1. The van der Waals surface area contributed by atoms with Crippen LogP contribution in [0.3, 0.4) is 0 Å². The molecule has 2 aromatic carbocycles. The Kier molecular flexibility index (Phi) is 5.13. The smallest absolute Gasteiger partial charge is 0.335 e. The van der Waals surface area contributed by atoms with Crippen LogP contribution < -0.4 is 4.83 Å². The number of carbonyl (C=O) groups is 1. The first kappa shape index (κ1) is 18.1. The third kappa shape index (κ3) is 4.38. The molecule has 2 N–H and O–H groups in total. The Morgan fingerprint density at radius 3 is 2.40 bits per heavy atom. The molecule has 0 amide bonds. The third-order valence-corrected chi connectivity index (χ3v) is 4.44. The van der Waals surface area contributed by atoms with Crippen LogP contribution in [0.1, 0.15) is 21.5 Å². The van der Waals surface area contributed by atoms with Crippen LogP contribution >= 0.6 is 0 Å². The minimum Gasteiger partial charge on any atom is -0.478 e. The topological polar surface area (TPSA) is 139 Å². The van der Waals surface area contributed by atoms with Gasteiger partial charge in [-0.25, -0.2) is 9.63 Å². The highest BCUT2D eigenvalue weighted by Gasteiger charge is 2.17. The quantitative estimate of drug-likeness (QED) is 0.456. The Bertz CT molecular complexity index is 952. The molecular formula is C15H13N3O6S. The number of benzene rings is 2. The van der Waals surface area contributed by atoms with Gasteiger partial charge in [0.1, 0.15) is 0 Å². The molecule has 0 saturated heterocycles. The number of nitrogens with one attached hydrogen (secondary N) is 1. The number of rotatable bonds is 6. The molecular weight excluding hydrogens is 350 g/mol. The standard InChI is InChI=1S/C15H13N3O6S/c1-10-8-13(6-7-14(10)18(21)22)25(23,24)17-16-9-11-2-4-12(5-3-11)15(19)20/h2-9,17H,1H3,(H,19,20)/b16-9+. The summed E-state index contributed by atoms with van der Waals surface area (Å²) in [7, 11) is -3.98. The second kappa shape index (κ2) is 7.09. The molecule has 0 saturated carbocycles. The highest BCUT2D eigenvalue weighted by Crippen LogP contribution is 2.21. The zero-order valence-electron chi connectivity index (χ0n) is 12.9. The Morgan fingerprint density at radius 2 is 1.88 bits per heavy atom. The van der Waals surface area contributed by atoms with E-state index in [0.717, 1.165) is 12.1 Å². The van der Waals surface area contributed by atoms with Crippen LogP contribution in [0.25, 0.3) is 0 Å². The molecule has 25 heavy (non-hydrogen) atoms. The molecule has 2 rings (SSSR count). The molecule has 0 spiro atoms. The molecule has 0 aromatic heterocycles. The Labute approximate surface area is 142 Å². The summed E-state index contributed by atoms with van der Waals surface area (Å²) in [5, 5.41) is 23.2. The Morgan fingerprint density at radius 1 is 1.24 bits per heavy atom. The van der Waals surface area contributed by atoms with Gasteiger partial charge in [-0.2, -0.15) is 13.5 Å². The van der Waals surface area contributed by atoms with Crippen LogP contribution in [0.4, 0.5) is 5.69 Å². The average molecular weight is 363 g/mol. The van der Waals surface area contributed by atoms with Crippen molar-refractivity contribution in [1.82, 2.24) is 4.83 Å². The van der Waals surface area contributed by atoms with E-state index < -0.39 is 20.9 Å². The maximum absolute atomic E-state index is 12.1. The molecule has 0 fully saturated rings. The summed E-state index contributed by atoms with van der Waals surface area (Å²) in [6.45, 7) is 1.43. The van der Waals surface area contributed by atoms with Gasteiger partial charge in [0.15, 0.2) is 0 Å². The van der Waals surface area contributed by atoms with Crippen molar-refractivity contribution in [2.75, 3.05) is 0 Å². The monoisotopic (exact) mass is 363 g/mol. The molecule has 0 bridgehead atoms. The highest BCUT2D eigenvalue weighted by atomic mass is 32.2. The van der Waals surface area contributed by atoms with Crippen molar-refractivity contribution in [2.24, 2.45) is 5.10 Å². The fourth-order valence-electron chi connectivity index (χ4n) is 1.93. The van der Waals surface area contributed by atoms with Gasteiger partial charge in [-0.3, -0.25) is 10.1 Å². The second-order valence-corrected chi connectivity index (χ2v) is 6.65. The van der Waals surface area contributed by atoms with E-state index in [1.165, 1.54) is 43.5 Å². The van der Waals surface area contributed by atoms with Crippen LogP contribution in [-0.4, -0.2) is 30.6 Å². The van der Waals surface area contributed by atoms with E-state index in [4.69, 9.17) is 5.11 Å². The van der Waals surface area contributed by atoms with Crippen molar-refractivity contribution in [1.29, 1.82) is 0 Å². The number of aryl methyl sites for hydroxylation is 1. The summed E-state index contributed by atoms with van der Waals surface area (Å²) in [6.07, 6.45) is 1.21. The van der Waals surface area contributed by atoms with Gasteiger partial charge in [0, 0.05) is 11.6 Å². The van der Waals surface area contributed by atoms with Crippen LogP contribution in [0.15, 0.2) is 52.5 Å². The second-order valence-electron chi connectivity index (χ2n) is 4.99. The van der Waals surface area contributed by atoms with Crippen LogP contribution in [0.2, 0.25) is 0 Å². The van der Waals surface area contributed by atoms with Gasteiger partial charge in [0.2, 0.25) is 0 Å². The molecule has 0 aliphatic heterocycles. The number of carboxylic acid groups (broad SMARTS) is 1. The van der Waals surface area contributed by atoms with Gasteiger partial charge >= 0.3 is 5.97 Å². The first-order chi connectivity index (χ1) is 11.7. The van der Waals surface area contributed by atoms with E-state index in [1.807, 2.05) is 4.83 Å². The molecule has 0 radical (unpaired) electrons. The van der Waals surface area contributed by atoms with Crippen LogP contribution in [0.5, 0.6) is 0 Å². The lowest BCUT2D eigenvalue weighted by Gasteiger charge is -2.04. The van der Waals surface area contributed by atoms with E-state index in [9.17, 15) is 23.3 Å². The van der Waals surface area contributed by atoms with Crippen molar-refractivity contribution in [2.45, 2.75) is 11.8 Å². The molecule has 0 unspecified atom stereocenters. The number of hydrogen-bond donors (Lipinski definition) is 2. The van der Waals surface area contributed by atoms with Gasteiger partial charge in [0.25, 0.3) is 15.7 Å². The predicted octanol–water partition coefficient (Wildman–Crippen LogP) is 1.91. The van der Waals surface area contributed by atoms with Crippen molar-refractivity contribution in [3.8, 4) is 0 Å². The lowest BCUT2D eigenvalue weighted by atomic mass is 10.1. The maximum Gasteiger partial charge on any atom is 0.335 e. The zero-order chi connectivity index (χ0) is 18.6. The Balaban J connectivity index is 2.14. The van der Waals surface area contributed by atoms with Gasteiger partial charge < -0.3 is 5.11 Å². The lowest BCUT2D eigenvalue weighted by molar-refractivity contribution is -0.385. The van der Waals surface area contributed by atoms with Gasteiger partial charge in [-0.1, -0.05) is 12.1 Å². The molecule has 0 aliphatic carbocycles. The number of carboxylic acids is 1. The molecule has 9 nitrogen and oxygen atoms in total. The van der Waals surface area contributed by atoms with Gasteiger partial charge in [-0.15, -0.1) is 0 Å². The fourth-order valence-corrected chi connectivity index (χ4v) is 2.81. The minimum atomic E-state index is -3.98. The van der Waals surface area contributed by atoms with Gasteiger partial charge in [0.05, 0.1) is 21.6 Å².